The van der Waals surface area contributed by atoms with E-state index in [9.17, 15) is 4.79 Å². The summed E-state index contributed by atoms with van der Waals surface area (Å²) in [6.45, 7) is 2.74. The van der Waals surface area contributed by atoms with Crippen molar-refractivity contribution in [1.29, 1.82) is 0 Å². The van der Waals surface area contributed by atoms with E-state index in [1.54, 1.807) is 20.2 Å². The van der Waals surface area contributed by atoms with Gasteiger partial charge in [-0.25, -0.2) is 9.78 Å². The summed E-state index contributed by atoms with van der Waals surface area (Å²) < 4.78 is 10.4. The first-order chi connectivity index (χ1) is 11.7. The predicted molar refractivity (Wildman–Crippen MR) is 95.9 cm³/mol. The molecule has 0 saturated carbocycles. The van der Waals surface area contributed by atoms with Crippen molar-refractivity contribution in [2.45, 2.75) is 13.5 Å². The Morgan fingerprint density at radius 1 is 1.25 bits per heavy atom. The van der Waals surface area contributed by atoms with Gasteiger partial charge in [-0.05, 0) is 36.8 Å². The number of methoxy groups -OCH3 is 1. The van der Waals surface area contributed by atoms with Crippen LogP contribution in [-0.2, 0) is 11.3 Å². The van der Waals surface area contributed by atoms with Gasteiger partial charge in [0.1, 0.15) is 21.1 Å². The maximum atomic E-state index is 12.3. The highest BCUT2D eigenvalue weighted by molar-refractivity contribution is 7.23. The zero-order chi connectivity index (χ0) is 16.9. The summed E-state index contributed by atoms with van der Waals surface area (Å²) >= 11 is 1.46. The Hall–Kier alpha value is -2.60. The molecule has 0 unspecified atom stereocenters. The van der Waals surface area contributed by atoms with Crippen LogP contribution in [0.3, 0.4) is 0 Å². The first kappa shape index (κ1) is 16.3. The Labute approximate surface area is 144 Å². The van der Waals surface area contributed by atoms with E-state index in [-0.39, 0.29) is 5.97 Å². The van der Waals surface area contributed by atoms with Crippen molar-refractivity contribution in [2.75, 3.05) is 19.0 Å². The van der Waals surface area contributed by atoms with Crippen molar-refractivity contribution in [2.24, 2.45) is 0 Å². The lowest BCUT2D eigenvalue weighted by molar-refractivity contribution is 0.0530. The van der Waals surface area contributed by atoms with Gasteiger partial charge in [-0.3, -0.25) is 0 Å². The molecule has 24 heavy (non-hydrogen) atoms. The fourth-order valence-corrected chi connectivity index (χ4v) is 3.42. The maximum Gasteiger partial charge on any atom is 0.341 e. The molecule has 0 bridgehead atoms. The third kappa shape index (κ3) is 3.33. The first-order valence-electron chi connectivity index (χ1n) is 7.64. The molecule has 0 aliphatic rings. The van der Waals surface area contributed by atoms with Crippen molar-refractivity contribution in [3.05, 3.63) is 53.7 Å². The summed E-state index contributed by atoms with van der Waals surface area (Å²) in [6.07, 6.45) is 1.72. The summed E-state index contributed by atoms with van der Waals surface area (Å²) in [7, 11) is 1.64. The molecular weight excluding hydrogens is 324 g/mol. The lowest BCUT2D eigenvalue weighted by Gasteiger charge is -2.08. The van der Waals surface area contributed by atoms with Crippen molar-refractivity contribution in [3.8, 4) is 5.75 Å². The van der Waals surface area contributed by atoms with Gasteiger partial charge in [0.2, 0.25) is 0 Å². The standard InChI is InChI=1S/C18H18N2O3S/c1-3-23-18(21)15-14-5-4-10-19-16(14)24-17(15)20-11-12-6-8-13(22-2)9-7-12/h4-10,20H,3,11H2,1-2H3. The minimum Gasteiger partial charge on any atom is -0.497 e. The van der Waals surface area contributed by atoms with Gasteiger partial charge in [0, 0.05) is 18.1 Å². The van der Waals surface area contributed by atoms with Crippen LogP contribution in [0.5, 0.6) is 5.75 Å². The number of anilines is 1. The largest absolute Gasteiger partial charge is 0.497 e. The van der Waals surface area contributed by atoms with Gasteiger partial charge in [-0.1, -0.05) is 23.5 Å². The number of hydrogen-bond donors (Lipinski definition) is 1. The number of nitrogens with one attached hydrogen (secondary N) is 1. The van der Waals surface area contributed by atoms with Crippen molar-refractivity contribution >= 4 is 32.5 Å². The third-order valence-corrected chi connectivity index (χ3v) is 4.63. The van der Waals surface area contributed by atoms with E-state index < -0.39 is 0 Å². The minimum absolute atomic E-state index is 0.325. The highest BCUT2D eigenvalue weighted by atomic mass is 32.1. The number of pyridine rings is 1. The number of carbonyl (C=O) groups is 1. The van der Waals surface area contributed by atoms with Crippen LogP contribution in [0, 0.1) is 0 Å². The summed E-state index contributed by atoms with van der Waals surface area (Å²) in [5.74, 6) is 0.492. The summed E-state index contributed by atoms with van der Waals surface area (Å²) in [6, 6.07) is 11.5. The minimum atomic E-state index is -0.325. The van der Waals surface area contributed by atoms with Crippen LogP contribution in [0.2, 0.25) is 0 Å². The van der Waals surface area contributed by atoms with Gasteiger partial charge in [-0.2, -0.15) is 0 Å². The number of ether oxygens (including phenoxy) is 2. The lowest BCUT2D eigenvalue weighted by Crippen LogP contribution is -2.08. The number of fused-ring (bicyclic) bond motifs is 1. The van der Waals surface area contributed by atoms with E-state index in [4.69, 9.17) is 9.47 Å². The molecule has 1 aromatic carbocycles. The van der Waals surface area contributed by atoms with Gasteiger partial charge in [0.15, 0.2) is 0 Å². The molecule has 0 aliphatic carbocycles. The van der Waals surface area contributed by atoms with Crippen LogP contribution in [0.4, 0.5) is 5.00 Å². The number of nitrogens with zero attached hydrogens (tertiary/aromatic N) is 1. The molecule has 3 aromatic rings. The monoisotopic (exact) mass is 342 g/mol. The van der Waals surface area contributed by atoms with Crippen molar-refractivity contribution in [3.63, 3.8) is 0 Å². The third-order valence-electron chi connectivity index (χ3n) is 3.56. The Morgan fingerprint density at radius 3 is 2.75 bits per heavy atom. The van der Waals surface area contributed by atoms with Crippen LogP contribution in [0.1, 0.15) is 22.8 Å². The van der Waals surface area contributed by atoms with Crippen LogP contribution in [-0.4, -0.2) is 24.7 Å². The average molecular weight is 342 g/mol. The zero-order valence-corrected chi connectivity index (χ0v) is 14.4. The second-order valence-corrected chi connectivity index (χ2v) is 6.08. The normalized spacial score (nSPS) is 10.6. The molecule has 1 N–H and O–H groups in total. The van der Waals surface area contributed by atoms with E-state index in [1.807, 2.05) is 36.4 Å². The number of esters is 1. The van der Waals surface area contributed by atoms with Crippen LogP contribution in [0.25, 0.3) is 10.2 Å². The quantitative estimate of drug-likeness (QED) is 0.684. The van der Waals surface area contributed by atoms with Crippen LogP contribution < -0.4 is 10.1 Å². The van der Waals surface area contributed by atoms with Gasteiger partial charge in [0.25, 0.3) is 0 Å². The molecule has 3 rings (SSSR count). The summed E-state index contributed by atoms with van der Waals surface area (Å²) in [5, 5.41) is 4.93. The van der Waals surface area contributed by atoms with E-state index >= 15 is 0 Å². The molecule has 0 fully saturated rings. The molecule has 2 heterocycles. The number of benzene rings is 1. The van der Waals surface area contributed by atoms with E-state index in [2.05, 4.69) is 10.3 Å². The molecule has 2 aromatic heterocycles. The highest BCUT2D eigenvalue weighted by Crippen LogP contribution is 2.35. The van der Waals surface area contributed by atoms with E-state index in [0.717, 1.165) is 26.5 Å². The number of thiophene rings is 1. The number of aromatic nitrogens is 1. The Balaban J connectivity index is 1.87. The Bertz CT molecular complexity index is 843. The molecule has 0 amide bonds. The van der Waals surface area contributed by atoms with Gasteiger partial charge in [0.05, 0.1) is 13.7 Å². The van der Waals surface area contributed by atoms with Crippen molar-refractivity contribution in [1.82, 2.24) is 4.98 Å². The second kappa shape index (κ2) is 7.31. The first-order valence-corrected chi connectivity index (χ1v) is 8.46. The van der Waals surface area contributed by atoms with Gasteiger partial charge < -0.3 is 14.8 Å². The maximum absolute atomic E-state index is 12.3. The Kier molecular flexibility index (Phi) is 4.96. The predicted octanol–water partition coefficient (Wildman–Crippen LogP) is 4.09. The number of carbonyl (C=O) groups excluding carboxylic acids is 1. The molecular formula is C18H18N2O3S. The van der Waals surface area contributed by atoms with Gasteiger partial charge >= 0.3 is 5.97 Å². The fraction of sp³-hybridized carbons (Fsp3) is 0.222. The smallest absolute Gasteiger partial charge is 0.341 e. The highest BCUT2D eigenvalue weighted by Gasteiger charge is 2.20. The summed E-state index contributed by atoms with van der Waals surface area (Å²) in [4.78, 5) is 17.5. The molecule has 0 radical (unpaired) electrons. The molecule has 6 heteroatoms. The number of rotatable bonds is 6. The average Bonchev–Trinajstić information content (AvgIpc) is 2.99. The van der Waals surface area contributed by atoms with E-state index in [0.29, 0.717) is 18.7 Å². The van der Waals surface area contributed by atoms with Crippen LogP contribution in [0.15, 0.2) is 42.6 Å². The molecule has 0 spiro atoms. The number of hydrogen-bond acceptors (Lipinski definition) is 6. The Morgan fingerprint density at radius 2 is 2.04 bits per heavy atom. The summed E-state index contributed by atoms with van der Waals surface area (Å²) in [5.41, 5.74) is 1.65. The lowest BCUT2D eigenvalue weighted by atomic mass is 10.2. The molecule has 5 nitrogen and oxygen atoms in total. The zero-order valence-electron chi connectivity index (χ0n) is 13.5. The van der Waals surface area contributed by atoms with Crippen molar-refractivity contribution < 1.29 is 14.3 Å². The van der Waals surface area contributed by atoms with Gasteiger partial charge in [-0.15, -0.1) is 0 Å². The second-order valence-electron chi connectivity index (χ2n) is 5.08. The fourth-order valence-electron chi connectivity index (χ4n) is 2.39. The molecule has 124 valence electrons. The SMILES string of the molecule is CCOC(=O)c1c(NCc2ccc(OC)cc2)sc2ncccc12. The molecule has 0 aliphatic heterocycles. The molecule has 0 atom stereocenters. The van der Waals surface area contributed by atoms with E-state index in [1.165, 1.54) is 11.3 Å². The topological polar surface area (TPSA) is 60.5 Å². The molecule has 0 saturated heterocycles. The van der Waals surface area contributed by atoms with Crippen LogP contribution >= 0.6 is 11.3 Å².